The summed E-state index contributed by atoms with van der Waals surface area (Å²) in [6.07, 6.45) is 2.73. The Morgan fingerprint density at radius 1 is 1.19 bits per heavy atom. The van der Waals surface area contributed by atoms with Crippen LogP contribution >= 0.6 is 0 Å². The summed E-state index contributed by atoms with van der Waals surface area (Å²) in [6.45, 7) is 3.89. The Balaban J connectivity index is 1.61. The van der Waals surface area contributed by atoms with Crippen LogP contribution in [0.2, 0.25) is 0 Å². The minimum atomic E-state index is -0.110. The Hall–Kier alpha value is -1.88. The predicted molar refractivity (Wildman–Crippen MR) is 82.2 cm³/mol. The Morgan fingerprint density at radius 2 is 1.90 bits per heavy atom. The zero-order chi connectivity index (χ0) is 15.1. The first-order valence-corrected chi connectivity index (χ1v) is 7.50. The maximum atomic E-state index is 11.8. The van der Waals surface area contributed by atoms with E-state index in [0.29, 0.717) is 31.1 Å². The second-order valence-electron chi connectivity index (χ2n) is 5.47. The Bertz CT molecular complexity index is 479. The van der Waals surface area contributed by atoms with Crippen LogP contribution in [-0.2, 0) is 4.79 Å². The smallest absolute Gasteiger partial charge is 0.251 e. The van der Waals surface area contributed by atoms with E-state index in [4.69, 9.17) is 0 Å². The molecule has 1 unspecified atom stereocenters. The lowest BCUT2D eigenvalue weighted by atomic mass is 10.1. The van der Waals surface area contributed by atoms with Crippen molar-refractivity contribution in [3.8, 4) is 0 Å². The highest BCUT2D eigenvalue weighted by atomic mass is 16.2. The van der Waals surface area contributed by atoms with Gasteiger partial charge in [-0.1, -0.05) is 17.7 Å². The average molecular weight is 289 g/mol. The van der Waals surface area contributed by atoms with Crippen LogP contribution in [0, 0.1) is 6.92 Å². The highest BCUT2D eigenvalue weighted by Crippen LogP contribution is 2.08. The molecular weight excluding hydrogens is 266 g/mol. The Labute approximate surface area is 125 Å². The number of carbonyl (C=O) groups excluding carboxylic acids is 2. The van der Waals surface area contributed by atoms with Crippen molar-refractivity contribution in [2.24, 2.45) is 0 Å². The van der Waals surface area contributed by atoms with Crippen LogP contribution in [-0.4, -0.2) is 37.5 Å². The molecule has 1 atom stereocenters. The zero-order valence-corrected chi connectivity index (χ0v) is 12.4. The van der Waals surface area contributed by atoms with Gasteiger partial charge in [0.2, 0.25) is 5.91 Å². The molecule has 0 radical (unpaired) electrons. The standard InChI is InChI=1S/C16H23N3O2/c1-12-4-6-13(7-5-12)16(21)19-10-9-18-15(20)11-14-3-2-8-17-14/h4-7,14,17H,2-3,8-11H2,1H3,(H,18,20)(H,19,21). The van der Waals surface area contributed by atoms with Gasteiger partial charge in [0.1, 0.15) is 0 Å². The maximum absolute atomic E-state index is 11.8. The van der Waals surface area contributed by atoms with Gasteiger partial charge in [-0.05, 0) is 38.4 Å². The molecule has 1 aromatic rings. The van der Waals surface area contributed by atoms with E-state index in [-0.39, 0.29) is 11.8 Å². The molecule has 0 spiro atoms. The highest BCUT2D eigenvalue weighted by Gasteiger charge is 2.17. The van der Waals surface area contributed by atoms with Crippen LogP contribution in [0.15, 0.2) is 24.3 Å². The summed E-state index contributed by atoms with van der Waals surface area (Å²) >= 11 is 0. The van der Waals surface area contributed by atoms with Crippen molar-refractivity contribution in [1.82, 2.24) is 16.0 Å². The summed E-state index contributed by atoms with van der Waals surface area (Å²) in [6, 6.07) is 7.73. The van der Waals surface area contributed by atoms with Gasteiger partial charge in [-0.2, -0.15) is 0 Å². The fourth-order valence-electron chi connectivity index (χ4n) is 2.41. The van der Waals surface area contributed by atoms with Crippen molar-refractivity contribution >= 4 is 11.8 Å². The van der Waals surface area contributed by atoms with Gasteiger partial charge < -0.3 is 16.0 Å². The first-order valence-electron chi connectivity index (χ1n) is 7.50. The van der Waals surface area contributed by atoms with E-state index in [1.165, 1.54) is 0 Å². The molecule has 0 saturated carbocycles. The minimum Gasteiger partial charge on any atom is -0.354 e. The Kier molecular flexibility index (Phi) is 5.75. The van der Waals surface area contributed by atoms with Gasteiger partial charge in [-0.15, -0.1) is 0 Å². The van der Waals surface area contributed by atoms with Crippen LogP contribution in [0.3, 0.4) is 0 Å². The first-order chi connectivity index (χ1) is 10.1. The zero-order valence-electron chi connectivity index (χ0n) is 12.4. The third-order valence-corrected chi connectivity index (χ3v) is 3.64. The van der Waals surface area contributed by atoms with Crippen LogP contribution < -0.4 is 16.0 Å². The van der Waals surface area contributed by atoms with Crippen LogP contribution in [0.25, 0.3) is 0 Å². The highest BCUT2D eigenvalue weighted by molar-refractivity contribution is 5.94. The summed E-state index contributed by atoms with van der Waals surface area (Å²) in [4.78, 5) is 23.5. The summed E-state index contributed by atoms with van der Waals surface area (Å²) in [5.74, 6) is -0.0688. The molecule has 2 amide bonds. The second kappa shape index (κ2) is 7.78. The maximum Gasteiger partial charge on any atom is 0.251 e. The molecule has 1 aliphatic heterocycles. The third kappa shape index (κ3) is 5.19. The second-order valence-corrected chi connectivity index (χ2v) is 5.47. The molecule has 21 heavy (non-hydrogen) atoms. The monoisotopic (exact) mass is 289 g/mol. The van der Waals surface area contributed by atoms with E-state index in [9.17, 15) is 9.59 Å². The van der Waals surface area contributed by atoms with Gasteiger partial charge in [0.15, 0.2) is 0 Å². The van der Waals surface area contributed by atoms with E-state index < -0.39 is 0 Å². The molecule has 114 valence electrons. The van der Waals surface area contributed by atoms with E-state index in [0.717, 1.165) is 24.9 Å². The molecule has 1 fully saturated rings. The number of hydrogen-bond donors (Lipinski definition) is 3. The van der Waals surface area contributed by atoms with Crippen molar-refractivity contribution in [3.63, 3.8) is 0 Å². The van der Waals surface area contributed by atoms with Crippen LogP contribution in [0.4, 0.5) is 0 Å². The van der Waals surface area contributed by atoms with Crippen LogP contribution in [0.1, 0.15) is 35.2 Å². The van der Waals surface area contributed by atoms with Crippen LogP contribution in [0.5, 0.6) is 0 Å². The lowest BCUT2D eigenvalue weighted by molar-refractivity contribution is -0.121. The molecule has 0 aromatic heterocycles. The quantitative estimate of drug-likeness (QED) is 0.684. The lowest BCUT2D eigenvalue weighted by Gasteiger charge is -2.11. The van der Waals surface area contributed by atoms with E-state index >= 15 is 0 Å². The van der Waals surface area contributed by atoms with Crippen molar-refractivity contribution in [1.29, 1.82) is 0 Å². The van der Waals surface area contributed by atoms with E-state index in [2.05, 4.69) is 16.0 Å². The fraction of sp³-hybridized carbons (Fsp3) is 0.500. The number of amides is 2. The van der Waals surface area contributed by atoms with E-state index in [1.807, 2.05) is 19.1 Å². The van der Waals surface area contributed by atoms with Gasteiger partial charge in [-0.3, -0.25) is 9.59 Å². The molecule has 0 bridgehead atoms. The average Bonchev–Trinajstić information content (AvgIpc) is 2.97. The van der Waals surface area contributed by atoms with Crippen molar-refractivity contribution in [2.45, 2.75) is 32.2 Å². The number of rotatable bonds is 6. The van der Waals surface area contributed by atoms with E-state index in [1.54, 1.807) is 12.1 Å². The molecule has 2 rings (SSSR count). The summed E-state index contributed by atoms with van der Waals surface area (Å²) in [7, 11) is 0. The topological polar surface area (TPSA) is 70.2 Å². The SMILES string of the molecule is Cc1ccc(C(=O)NCCNC(=O)CC2CCCN2)cc1. The molecule has 5 heteroatoms. The summed E-state index contributed by atoms with van der Waals surface area (Å²) in [5.41, 5.74) is 1.77. The first kappa shape index (κ1) is 15.5. The van der Waals surface area contributed by atoms with Gasteiger partial charge in [0, 0.05) is 31.1 Å². The molecule has 1 aromatic carbocycles. The number of carbonyl (C=O) groups is 2. The summed E-state index contributed by atoms with van der Waals surface area (Å²) < 4.78 is 0. The molecule has 1 heterocycles. The van der Waals surface area contributed by atoms with Crippen molar-refractivity contribution in [2.75, 3.05) is 19.6 Å². The molecule has 5 nitrogen and oxygen atoms in total. The number of benzene rings is 1. The van der Waals surface area contributed by atoms with Crippen molar-refractivity contribution < 1.29 is 9.59 Å². The van der Waals surface area contributed by atoms with Gasteiger partial charge >= 0.3 is 0 Å². The molecule has 1 saturated heterocycles. The predicted octanol–water partition coefficient (Wildman–Crippen LogP) is 0.983. The molecule has 1 aliphatic rings. The number of nitrogens with one attached hydrogen (secondary N) is 3. The van der Waals surface area contributed by atoms with Crippen molar-refractivity contribution in [3.05, 3.63) is 35.4 Å². The summed E-state index contributed by atoms with van der Waals surface area (Å²) in [5, 5.41) is 8.92. The largest absolute Gasteiger partial charge is 0.354 e. The molecular formula is C16H23N3O2. The third-order valence-electron chi connectivity index (χ3n) is 3.64. The Morgan fingerprint density at radius 3 is 2.57 bits per heavy atom. The molecule has 0 aliphatic carbocycles. The minimum absolute atomic E-state index is 0.0407. The molecule has 3 N–H and O–H groups in total. The lowest BCUT2D eigenvalue weighted by Crippen LogP contribution is -2.37. The fourth-order valence-corrected chi connectivity index (χ4v) is 2.41. The van der Waals surface area contributed by atoms with Gasteiger partial charge in [0.05, 0.1) is 0 Å². The normalized spacial score (nSPS) is 17.5. The number of hydrogen-bond acceptors (Lipinski definition) is 3. The van der Waals surface area contributed by atoms with Gasteiger partial charge in [0.25, 0.3) is 5.91 Å². The number of aryl methyl sites for hydroxylation is 1. The van der Waals surface area contributed by atoms with Gasteiger partial charge in [-0.25, -0.2) is 0 Å².